The Morgan fingerprint density at radius 2 is 2.00 bits per heavy atom. The van der Waals surface area contributed by atoms with Crippen molar-refractivity contribution < 1.29 is 27.8 Å². The number of aromatic nitrogens is 3. The van der Waals surface area contributed by atoms with Gasteiger partial charge in [0.2, 0.25) is 0 Å². The van der Waals surface area contributed by atoms with Gasteiger partial charge in [-0.1, -0.05) is 12.1 Å². The van der Waals surface area contributed by atoms with E-state index in [2.05, 4.69) is 10.2 Å². The van der Waals surface area contributed by atoms with Gasteiger partial charge in [0.25, 0.3) is 12.3 Å². The summed E-state index contributed by atoms with van der Waals surface area (Å²) in [5.41, 5.74) is 0.464. The molecule has 0 aliphatic carbocycles. The fourth-order valence-corrected chi connectivity index (χ4v) is 4.53. The van der Waals surface area contributed by atoms with Gasteiger partial charge < -0.3 is 19.3 Å². The number of anilines is 1. The molecular formula is C23H21F3N4O3. The van der Waals surface area contributed by atoms with Gasteiger partial charge in [0.1, 0.15) is 6.33 Å². The van der Waals surface area contributed by atoms with E-state index in [0.29, 0.717) is 11.3 Å². The standard InChI is InChI=1S/C23H21F3N4O3/c1-29-12-27-28-21(29)19(24)23(10-33-11-23)14-3-2-4-15(7-14)30-8-18-16(20(25)26)5-13(9-31)6-17(18)22(30)32/h2-7,12,19-20,31H,8-11H2,1H3. The van der Waals surface area contributed by atoms with Gasteiger partial charge in [-0.2, -0.15) is 0 Å². The third-order valence-electron chi connectivity index (χ3n) is 6.46. The highest BCUT2D eigenvalue weighted by Gasteiger charge is 2.50. The number of carbonyl (C=O) groups is 1. The molecule has 1 fully saturated rings. The highest BCUT2D eigenvalue weighted by Crippen LogP contribution is 2.46. The summed E-state index contributed by atoms with van der Waals surface area (Å²) in [6, 6.07) is 9.52. The van der Waals surface area contributed by atoms with Gasteiger partial charge >= 0.3 is 0 Å². The van der Waals surface area contributed by atoms with Crippen molar-refractivity contribution in [3.63, 3.8) is 0 Å². The highest BCUT2D eigenvalue weighted by molar-refractivity contribution is 6.10. The lowest BCUT2D eigenvalue weighted by molar-refractivity contribution is -0.102. The molecule has 2 aliphatic rings. The van der Waals surface area contributed by atoms with Crippen molar-refractivity contribution in [3.05, 3.63) is 76.4 Å². The molecule has 3 heterocycles. The molecule has 1 N–H and O–H groups in total. The van der Waals surface area contributed by atoms with Gasteiger partial charge in [-0.05, 0) is 41.0 Å². The van der Waals surface area contributed by atoms with Gasteiger partial charge in [-0.3, -0.25) is 4.79 Å². The fraction of sp³-hybridized carbons (Fsp3) is 0.348. The van der Waals surface area contributed by atoms with E-state index in [1.807, 2.05) is 0 Å². The third kappa shape index (κ3) is 3.32. The Balaban J connectivity index is 1.52. The Bertz CT molecular complexity index is 1230. The summed E-state index contributed by atoms with van der Waals surface area (Å²) in [5, 5.41) is 17.1. The van der Waals surface area contributed by atoms with Crippen LogP contribution in [-0.2, 0) is 30.4 Å². The largest absolute Gasteiger partial charge is 0.392 e. The molecule has 0 spiro atoms. The van der Waals surface area contributed by atoms with Crippen LogP contribution in [0.15, 0.2) is 42.7 Å². The number of aliphatic hydroxyl groups is 1. The first-order chi connectivity index (χ1) is 15.9. The monoisotopic (exact) mass is 458 g/mol. The van der Waals surface area contributed by atoms with Crippen molar-refractivity contribution in [2.45, 2.75) is 31.2 Å². The van der Waals surface area contributed by atoms with E-state index in [1.165, 1.54) is 27.9 Å². The maximum atomic E-state index is 15.7. The van der Waals surface area contributed by atoms with Crippen LogP contribution < -0.4 is 4.90 Å². The lowest BCUT2D eigenvalue weighted by Gasteiger charge is -2.43. The Hall–Kier alpha value is -3.24. The first-order valence-electron chi connectivity index (χ1n) is 10.4. The first kappa shape index (κ1) is 21.6. The van der Waals surface area contributed by atoms with Crippen molar-refractivity contribution in [3.8, 4) is 0 Å². The molecule has 3 aromatic rings. The SMILES string of the molecule is Cn1cnnc1C(F)C1(c2cccc(N3Cc4c(cc(CO)cc4C(F)F)C3=O)c2)COC1. The molecule has 1 atom stereocenters. The van der Waals surface area contributed by atoms with E-state index >= 15 is 4.39 Å². The molecule has 0 bridgehead atoms. The van der Waals surface area contributed by atoms with Crippen LogP contribution in [0.2, 0.25) is 0 Å². The Morgan fingerprint density at radius 3 is 2.61 bits per heavy atom. The Morgan fingerprint density at radius 1 is 1.21 bits per heavy atom. The molecule has 0 saturated carbocycles. The van der Waals surface area contributed by atoms with E-state index in [1.54, 1.807) is 31.3 Å². The van der Waals surface area contributed by atoms with Crippen LogP contribution in [0.25, 0.3) is 0 Å². The zero-order chi connectivity index (χ0) is 23.3. The summed E-state index contributed by atoms with van der Waals surface area (Å²) >= 11 is 0. The van der Waals surface area contributed by atoms with Crippen LogP contribution in [0, 0.1) is 0 Å². The second kappa shape index (κ2) is 7.96. The van der Waals surface area contributed by atoms with Gasteiger partial charge in [-0.15, -0.1) is 10.2 Å². The van der Waals surface area contributed by atoms with E-state index in [-0.39, 0.29) is 47.8 Å². The molecule has 1 amide bonds. The summed E-state index contributed by atoms with van der Waals surface area (Å²) in [6.45, 7) is -0.213. The molecular weight excluding hydrogens is 437 g/mol. The molecule has 33 heavy (non-hydrogen) atoms. The van der Waals surface area contributed by atoms with Gasteiger partial charge in [0.15, 0.2) is 12.0 Å². The van der Waals surface area contributed by atoms with Crippen LogP contribution in [0.5, 0.6) is 0 Å². The Kier molecular flexibility index (Phi) is 5.21. The van der Waals surface area contributed by atoms with E-state index < -0.39 is 30.5 Å². The molecule has 10 heteroatoms. The minimum atomic E-state index is -2.78. The number of carbonyl (C=O) groups excluding carboxylic acids is 1. The van der Waals surface area contributed by atoms with E-state index in [9.17, 15) is 18.7 Å². The number of alkyl halides is 3. The maximum absolute atomic E-state index is 15.7. The van der Waals surface area contributed by atoms with Crippen LogP contribution in [0.3, 0.4) is 0 Å². The number of halogens is 3. The van der Waals surface area contributed by atoms with Crippen LogP contribution >= 0.6 is 0 Å². The third-order valence-corrected chi connectivity index (χ3v) is 6.46. The predicted molar refractivity (Wildman–Crippen MR) is 112 cm³/mol. The number of ether oxygens (including phenoxy) is 1. The normalized spacial score (nSPS) is 17.9. The smallest absolute Gasteiger partial charge is 0.264 e. The van der Waals surface area contributed by atoms with Crippen LogP contribution in [0.1, 0.15) is 51.0 Å². The number of rotatable bonds is 6. The van der Waals surface area contributed by atoms with Crippen molar-refractivity contribution in [2.75, 3.05) is 18.1 Å². The van der Waals surface area contributed by atoms with Gasteiger partial charge in [0, 0.05) is 23.9 Å². The lowest BCUT2D eigenvalue weighted by Crippen LogP contribution is -2.50. The number of nitrogens with zero attached hydrogens (tertiary/aromatic N) is 4. The molecule has 1 unspecified atom stereocenters. The number of benzene rings is 2. The maximum Gasteiger partial charge on any atom is 0.264 e. The zero-order valence-corrected chi connectivity index (χ0v) is 17.7. The van der Waals surface area contributed by atoms with E-state index in [0.717, 1.165) is 0 Å². The number of fused-ring (bicyclic) bond motifs is 1. The van der Waals surface area contributed by atoms with Crippen molar-refractivity contribution in [1.82, 2.24) is 14.8 Å². The minimum Gasteiger partial charge on any atom is -0.392 e. The lowest BCUT2D eigenvalue weighted by atomic mass is 9.74. The molecule has 172 valence electrons. The average Bonchev–Trinajstić information content (AvgIpc) is 3.35. The molecule has 7 nitrogen and oxygen atoms in total. The van der Waals surface area contributed by atoms with Crippen molar-refractivity contribution in [1.29, 1.82) is 0 Å². The van der Waals surface area contributed by atoms with E-state index in [4.69, 9.17) is 4.74 Å². The quantitative estimate of drug-likeness (QED) is 0.613. The molecule has 1 aromatic heterocycles. The van der Waals surface area contributed by atoms with Crippen molar-refractivity contribution in [2.24, 2.45) is 7.05 Å². The van der Waals surface area contributed by atoms with Gasteiger partial charge in [-0.25, -0.2) is 13.2 Å². The summed E-state index contributed by atoms with van der Waals surface area (Å²) in [7, 11) is 1.66. The zero-order valence-electron chi connectivity index (χ0n) is 17.7. The summed E-state index contributed by atoms with van der Waals surface area (Å²) in [5.74, 6) is -0.269. The number of aliphatic hydroxyl groups excluding tert-OH is 1. The summed E-state index contributed by atoms with van der Waals surface area (Å²) < 4.78 is 49.8. The molecule has 2 aliphatic heterocycles. The predicted octanol–water partition coefficient (Wildman–Crippen LogP) is 3.38. The molecule has 1 saturated heterocycles. The molecule has 0 radical (unpaired) electrons. The fourth-order valence-electron chi connectivity index (χ4n) is 4.53. The summed E-state index contributed by atoms with van der Waals surface area (Å²) in [6.07, 6.45) is -2.84. The second-order valence-corrected chi connectivity index (χ2v) is 8.42. The van der Waals surface area contributed by atoms with Crippen LogP contribution in [-0.4, -0.2) is 39.0 Å². The Labute approximate surface area is 187 Å². The molecule has 5 rings (SSSR count). The number of amides is 1. The number of hydrogen-bond acceptors (Lipinski definition) is 5. The number of aryl methyl sites for hydroxylation is 1. The van der Waals surface area contributed by atoms with Gasteiger partial charge in [0.05, 0.1) is 31.8 Å². The topological polar surface area (TPSA) is 80.5 Å². The van der Waals surface area contributed by atoms with Crippen molar-refractivity contribution >= 4 is 11.6 Å². The second-order valence-electron chi connectivity index (χ2n) is 8.42. The highest BCUT2D eigenvalue weighted by atomic mass is 19.3. The minimum absolute atomic E-state index is 0.0329. The molecule has 2 aromatic carbocycles. The summed E-state index contributed by atoms with van der Waals surface area (Å²) in [4.78, 5) is 14.5. The van der Waals surface area contributed by atoms with Crippen LogP contribution in [0.4, 0.5) is 18.9 Å². The average molecular weight is 458 g/mol. The first-order valence-corrected chi connectivity index (χ1v) is 10.4. The number of hydrogen-bond donors (Lipinski definition) is 1.